The van der Waals surface area contributed by atoms with Gasteiger partial charge in [0.2, 0.25) is 0 Å². The maximum Gasteiger partial charge on any atom is 0.150 e. The van der Waals surface area contributed by atoms with Crippen molar-refractivity contribution >= 4 is 21.4 Å². The van der Waals surface area contributed by atoms with E-state index in [1.165, 1.54) is 6.26 Å². The molecule has 0 saturated heterocycles. The van der Waals surface area contributed by atoms with Gasteiger partial charge in [-0.05, 0) is 43.4 Å². The second-order valence-corrected chi connectivity index (χ2v) is 8.48. The molecule has 0 aromatic heterocycles. The summed E-state index contributed by atoms with van der Waals surface area (Å²) in [4.78, 5) is 0. The molecule has 3 unspecified atom stereocenters. The summed E-state index contributed by atoms with van der Waals surface area (Å²) in [5.41, 5.74) is 0. The Hall–Kier alpha value is -0.780. The topological polar surface area (TPSA) is 63.6 Å². The number of sulfone groups is 1. The first-order valence-corrected chi connectivity index (χ1v) is 9.45. The van der Waals surface area contributed by atoms with Gasteiger partial charge in [-0.2, -0.15) is 0 Å². The lowest BCUT2D eigenvalue weighted by atomic mass is 9.85. The van der Waals surface area contributed by atoms with Gasteiger partial charge in [-0.25, -0.2) is 8.42 Å². The van der Waals surface area contributed by atoms with Crippen molar-refractivity contribution in [2.24, 2.45) is 5.92 Å². The minimum Gasteiger partial charge on any atom is -0.491 e. The predicted molar refractivity (Wildman–Crippen MR) is 83.5 cm³/mol. The molecule has 4 nitrogen and oxygen atoms in total. The molecule has 0 amide bonds. The fourth-order valence-corrected chi connectivity index (χ4v) is 4.17. The molecule has 1 aromatic rings. The van der Waals surface area contributed by atoms with E-state index in [2.05, 4.69) is 0 Å². The molecule has 1 aliphatic carbocycles. The predicted octanol–water partition coefficient (Wildman–Crippen LogP) is 2.68. The lowest BCUT2D eigenvalue weighted by Crippen LogP contribution is -2.35. The highest BCUT2D eigenvalue weighted by molar-refractivity contribution is 7.91. The summed E-state index contributed by atoms with van der Waals surface area (Å²) < 4.78 is 28.8. The van der Waals surface area contributed by atoms with E-state index in [1.54, 1.807) is 24.3 Å². The van der Waals surface area contributed by atoms with Crippen LogP contribution in [0.5, 0.6) is 5.75 Å². The van der Waals surface area contributed by atoms with E-state index in [9.17, 15) is 13.5 Å². The lowest BCUT2D eigenvalue weighted by Gasteiger charge is -2.31. The van der Waals surface area contributed by atoms with Crippen LogP contribution in [0.25, 0.3) is 0 Å². The molecular formula is C15H21ClO4S. The molecule has 1 aliphatic rings. The van der Waals surface area contributed by atoms with Crippen LogP contribution in [0, 0.1) is 5.92 Å². The molecule has 0 aliphatic heterocycles. The Balaban J connectivity index is 1.89. The zero-order valence-corrected chi connectivity index (χ0v) is 13.6. The van der Waals surface area contributed by atoms with Crippen LogP contribution in [0.3, 0.4) is 0 Å². The van der Waals surface area contributed by atoms with Crippen LogP contribution in [-0.4, -0.2) is 37.7 Å². The van der Waals surface area contributed by atoms with Crippen molar-refractivity contribution < 1.29 is 18.3 Å². The van der Waals surface area contributed by atoms with E-state index in [0.29, 0.717) is 23.6 Å². The molecule has 6 heteroatoms. The second-order valence-electron chi connectivity index (χ2n) is 5.71. The first-order chi connectivity index (χ1) is 9.86. The van der Waals surface area contributed by atoms with Crippen molar-refractivity contribution in [1.82, 2.24) is 0 Å². The van der Waals surface area contributed by atoms with E-state index < -0.39 is 15.9 Å². The van der Waals surface area contributed by atoms with E-state index in [-0.39, 0.29) is 17.8 Å². The van der Waals surface area contributed by atoms with Gasteiger partial charge in [-0.1, -0.05) is 24.1 Å². The standard InChI is InChI=1S/C15H21ClO4S/c1-21(18,19)14-7-2-4-11(8-14)15(17)10-20-13-6-3-5-12(16)9-13/h3,5-6,9,11,14-15,17H,2,4,7-8,10H2,1H3. The van der Waals surface area contributed by atoms with E-state index in [4.69, 9.17) is 16.3 Å². The third-order valence-electron chi connectivity index (χ3n) is 4.03. The Bertz CT molecular complexity index is 573. The summed E-state index contributed by atoms with van der Waals surface area (Å²) in [6.45, 7) is 0.154. The minimum atomic E-state index is -3.03. The van der Waals surface area contributed by atoms with Gasteiger partial charge in [0.1, 0.15) is 22.2 Å². The van der Waals surface area contributed by atoms with Gasteiger partial charge in [0.25, 0.3) is 0 Å². The molecule has 21 heavy (non-hydrogen) atoms. The van der Waals surface area contributed by atoms with Crippen LogP contribution in [-0.2, 0) is 9.84 Å². The molecule has 2 rings (SSSR count). The smallest absolute Gasteiger partial charge is 0.150 e. The van der Waals surface area contributed by atoms with Crippen molar-refractivity contribution in [2.75, 3.05) is 12.9 Å². The number of benzene rings is 1. The first kappa shape index (κ1) is 16.6. The lowest BCUT2D eigenvalue weighted by molar-refractivity contribution is 0.0420. The van der Waals surface area contributed by atoms with Crippen LogP contribution in [0.4, 0.5) is 0 Å². The quantitative estimate of drug-likeness (QED) is 0.900. The van der Waals surface area contributed by atoms with Gasteiger partial charge < -0.3 is 9.84 Å². The van der Waals surface area contributed by atoms with Crippen LogP contribution >= 0.6 is 11.6 Å². The summed E-state index contributed by atoms with van der Waals surface area (Å²) >= 11 is 5.87. The average Bonchev–Trinajstić information content (AvgIpc) is 2.44. The van der Waals surface area contributed by atoms with Gasteiger partial charge in [-0.3, -0.25) is 0 Å². The van der Waals surface area contributed by atoms with Crippen LogP contribution in [0.15, 0.2) is 24.3 Å². The number of ether oxygens (including phenoxy) is 1. The number of aliphatic hydroxyl groups is 1. The molecule has 1 N–H and O–H groups in total. The van der Waals surface area contributed by atoms with E-state index >= 15 is 0 Å². The number of hydrogen-bond donors (Lipinski definition) is 1. The molecule has 0 bridgehead atoms. The van der Waals surface area contributed by atoms with Gasteiger partial charge in [0.05, 0.1) is 11.4 Å². The molecule has 1 aromatic carbocycles. The molecule has 0 heterocycles. The minimum absolute atomic E-state index is 0.0299. The van der Waals surface area contributed by atoms with Crippen LogP contribution in [0.2, 0.25) is 5.02 Å². The Morgan fingerprint density at radius 2 is 2.19 bits per heavy atom. The van der Waals surface area contributed by atoms with Crippen LogP contribution < -0.4 is 4.74 Å². The zero-order valence-electron chi connectivity index (χ0n) is 12.0. The summed E-state index contributed by atoms with van der Waals surface area (Å²) in [6.07, 6.45) is 3.49. The van der Waals surface area contributed by atoms with Crippen molar-refractivity contribution in [3.63, 3.8) is 0 Å². The van der Waals surface area contributed by atoms with Crippen LogP contribution in [0.1, 0.15) is 25.7 Å². The number of halogens is 1. The van der Waals surface area contributed by atoms with Crippen molar-refractivity contribution in [2.45, 2.75) is 37.0 Å². The third kappa shape index (κ3) is 4.87. The maximum atomic E-state index is 11.6. The molecule has 118 valence electrons. The number of aliphatic hydroxyl groups excluding tert-OH is 1. The van der Waals surface area contributed by atoms with E-state index in [0.717, 1.165) is 12.8 Å². The highest BCUT2D eigenvalue weighted by Crippen LogP contribution is 2.31. The SMILES string of the molecule is CS(=O)(=O)C1CCCC(C(O)COc2cccc(Cl)c2)C1. The third-order valence-corrected chi connectivity index (χ3v) is 5.91. The Labute approximate surface area is 131 Å². The molecular weight excluding hydrogens is 312 g/mol. The summed E-state index contributed by atoms with van der Waals surface area (Å²) in [5.74, 6) is 0.578. The van der Waals surface area contributed by atoms with Crippen molar-refractivity contribution in [3.8, 4) is 5.75 Å². The van der Waals surface area contributed by atoms with Crippen molar-refractivity contribution in [3.05, 3.63) is 29.3 Å². The Morgan fingerprint density at radius 3 is 2.86 bits per heavy atom. The monoisotopic (exact) mass is 332 g/mol. The van der Waals surface area contributed by atoms with Gasteiger partial charge in [0.15, 0.2) is 0 Å². The molecule has 3 atom stereocenters. The summed E-state index contributed by atoms with van der Waals surface area (Å²) in [6, 6.07) is 7.00. The second kappa shape index (κ2) is 6.99. The fourth-order valence-electron chi connectivity index (χ4n) is 2.79. The molecule has 1 fully saturated rings. The normalized spacial score (nSPS) is 24.5. The Morgan fingerprint density at radius 1 is 1.43 bits per heavy atom. The highest BCUT2D eigenvalue weighted by atomic mass is 35.5. The largest absolute Gasteiger partial charge is 0.491 e. The summed E-state index contributed by atoms with van der Waals surface area (Å²) in [7, 11) is -3.03. The molecule has 0 radical (unpaired) electrons. The van der Waals surface area contributed by atoms with Gasteiger partial charge >= 0.3 is 0 Å². The molecule has 0 spiro atoms. The number of rotatable bonds is 5. The Kier molecular flexibility index (Phi) is 5.52. The summed E-state index contributed by atoms with van der Waals surface area (Å²) in [5, 5.41) is 10.5. The first-order valence-electron chi connectivity index (χ1n) is 7.11. The highest BCUT2D eigenvalue weighted by Gasteiger charge is 2.32. The maximum absolute atomic E-state index is 11.6. The average molecular weight is 333 g/mol. The van der Waals surface area contributed by atoms with Gasteiger partial charge in [0, 0.05) is 11.3 Å². The van der Waals surface area contributed by atoms with E-state index in [1.807, 2.05) is 0 Å². The van der Waals surface area contributed by atoms with Crippen molar-refractivity contribution in [1.29, 1.82) is 0 Å². The zero-order chi connectivity index (χ0) is 15.5. The number of hydrogen-bond acceptors (Lipinski definition) is 4. The molecule has 1 saturated carbocycles. The fraction of sp³-hybridized carbons (Fsp3) is 0.600. The van der Waals surface area contributed by atoms with Gasteiger partial charge in [-0.15, -0.1) is 0 Å².